The van der Waals surface area contributed by atoms with Crippen LogP contribution in [0.2, 0.25) is 0 Å². The van der Waals surface area contributed by atoms with E-state index in [4.69, 9.17) is 0 Å². The van der Waals surface area contributed by atoms with Gasteiger partial charge in [-0.05, 0) is 29.2 Å². The van der Waals surface area contributed by atoms with Gasteiger partial charge in [0.15, 0.2) is 0 Å². The molecule has 21 heavy (non-hydrogen) atoms. The van der Waals surface area contributed by atoms with Crippen LogP contribution in [0.25, 0.3) is 0 Å². The lowest BCUT2D eigenvalue weighted by Crippen LogP contribution is -2.23. The van der Waals surface area contributed by atoms with Crippen molar-refractivity contribution in [3.8, 4) is 0 Å². The first-order valence-electron chi connectivity index (χ1n) is 6.32. The molecule has 0 radical (unpaired) electrons. The second kappa shape index (κ2) is 6.28. The number of rotatable bonds is 3. The third kappa shape index (κ3) is 5.97. The maximum absolute atomic E-state index is 12.9. The highest BCUT2D eigenvalue weighted by Gasteiger charge is 2.33. The molecule has 0 saturated carbocycles. The first kappa shape index (κ1) is 17.2. The summed E-state index contributed by atoms with van der Waals surface area (Å²) in [6.45, 7) is 5.35. The van der Waals surface area contributed by atoms with Gasteiger partial charge in [-0.15, -0.1) is 0 Å². The van der Waals surface area contributed by atoms with Gasteiger partial charge in [-0.3, -0.25) is 4.79 Å². The van der Waals surface area contributed by atoms with E-state index in [-0.39, 0.29) is 17.5 Å². The Morgan fingerprint density at radius 1 is 1.24 bits per heavy atom. The molecule has 0 heterocycles. The number of amides is 1. The molecule has 0 aliphatic carbocycles. The minimum Gasteiger partial charge on any atom is -0.348 e. The molecule has 0 aliphatic heterocycles. The zero-order chi connectivity index (χ0) is 16.3. The van der Waals surface area contributed by atoms with Crippen LogP contribution in [-0.4, -0.2) is 5.91 Å². The van der Waals surface area contributed by atoms with Crippen LogP contribution in [0.5, 0.6) is 0 Å². The Kier molecular flexibility index (Phi) is 5.15. The molecule has 116 valence electrons. The lowest BCUT2D eigenvalue weighted by atomic mass is 9.96. The number of hydrogen-bond acceptors (Lipinski definition) is 1. The molecule has 0 unspecified atom stereocenters. The minimum atomic E-state index is -4.66. The van der Waals surface area contributed by atoms with Crippen molar-refractivity contribution in [2.45, 2.75) is 33.5 Å². The molecule has 0 aromatic heterocycles. The summed E-state index contributed by atoms with van der Waals surface area (Å²) in [6.07, 6.45) is -1.74. The van der Waals surface area contributed by atoms with Gasteiger partial charge in [-0.2, -0.15) is 13.2 Å². The Labute approximate surface area is 120 Å². The number of nitrogens with one attached hydrogen (secondary N) is 1. The fourth-order valence-electron chi connectivity index (χ4n) is 1.53. The number of hydrogen-bond donors (Lipinski definition) is 1. The van der Waals surface area contributed by atoms with Gasteiger partial charge in [0, 0.05) is 6.54 Å². The number of alkyl halides is 3. The quantitative estimate of drug-likeness (QED) is 0.662. The lowest BCUT2D eigenvalue weighted by Gasteiger charge is -2.14. The Morgan fingerprint density at radius 3 is 2.38 bits per heavy atom. The van der Waals surface area contributed by atoms with E-state index in [2.05, 4.69) is 5.32 Å². The molecular weight excluding hydrogens is 286 g/mol. The second-order valence-corrected chi connectivity index (χ2v) is 5.72. The van der Waals surface area contributed by atoms with Crippen molar-refractivity contribution in [1.29, 1.82) is 0 Å². The molecule has 1 aromatic rings. The van der Waals surface area contributed by atoms with Crippen LogP contribution in [0.4, 0.5) is 17.6 Å². The maximum Gasteiger partial charge on any atom is 0.416 e. The van der Waals surface area contributed by atoms with Crippen molar-refractivity contribution < 1.29 is 22.4 Å². The van der Waals surface area contributed by atoms with E-state index in [0.29, 0.717) is 6.07 Å². The second-order valence-electron chi connectivity index (χ2n) is 5.72. The summed E-state index contributed by atoms with van der Waals surface area (Å²) in [5.41, 5.74) is -1.46. The summed E-state index contributed by atoms with van der Waals surface area (Å²) in [5.74, 6) is -1.47. The zero-order valence-corrected chi connectivity index (χ0v) is 12.0. The van der Waals surface area contributed by atoms with Gasteiger partial charge < -0.3 is 5.32 Å². The van der Waals surface area contributed by atoms with Gasteiger partial charge in [0.25, 0.3) is 0 Å². The van der Waals surface area contributed by atoms with Gasteiger partial charge >= 0.3 is 6.18 Å². The minimum absolute atomic E-state index is 0.179. The summed E-state index contributed by atoms with van der Waals surface area (Å²) in [6, 6.07) is 2.38. The van der Waals surface area contributed by atoms with Crippen LogP contribution in [0.1, 0.15) is 31.9 Å². The van der Waals surface area contributed by atoms with Crippen LogP contribution >= 0.6 is 0 Å². The monoisotopic (exact) mass is 303 g/mol. The lowest BCUT2D eigenvalue weighted by molar-refractivity contribution is -0.138. The average molecular weight is 303 g/mol. The van der Waals surface area contributed by atoms with Gasteiger partial charge in [-0.25, -0.2) is 4.39 Å². The number of carbonyl (C=O) groups excluding carboxylic acids is 1. The number of carbonyl (C=O) groups is 1. The van der Waals surface area contributed by atoms with Crippen LogP contribution in [0.3, 0.4) is 0 Å². The smallest absolute Gasteiger partial charge is 0.348 e. The van der Waals surface area contributed by atoms with Crippen molar-refractivity contribution in [3.05, 3.63) is 47.3 Å². The highest BCUT2D eigenvalue weighted by Crippen LogP contribution is 2.32. The molecular formula is C15H17F4NO. The van der Waals surface area contributed by atoms with Crippen molar-refractivity contribution in [1.82, 2.24) is 5.32 Å². The average Bonchev–Trinajstić information content (AvgIpc) is 2.32. The van der Waals surface area contributed by atoms with Crippen molar-refractivity contribution in [2.75, 3.05) is 0 Å². The van der Waals surface area contributed by atoms with Crippen LogP contribution < -0.4 is 5.32 Å². The zero-order valence-electron chi connectivity index (χ0n) is 12.0. The SMILES string of the molecule is CC(C)(C)C=CC(=O)NCc1ccc(F)cc1C(F)(F)F. The summed E-state index contributed by atoms with van der Waals surface area (Å²) in [5, 5.41) is 2.36. The molecule has 0 aliphatic rings. The van der Waals surface area contributed by atoms with Crippen molar-refractivity contribution in [2.24, 2.45) is 5.41 Å². The van der Waals surface area contributed by atoms with Crippen LogP contribution in [0.15, 0.2) is 30.4 Å². The molecule has 1 aromatic carbocycles. The normalized spacial score (nSPS) is 12.7. The first-order chi connectivity index (χ1) is 9.49. The van der Waals surface area contributed by atoms with E-state index >= 15 is 0 Å². The summed E-state index contributed by atoms with van der Waals surface area (Å²) in [7, 11) is 0. The van der Waals surface area contributed by atoms with E-state index in [1.165, 1.54) is 6.08 Å². The number of halogens is 4. The summed E-state index contributed by atoms with van der Waals surface area (Å²) in [4.78, 5) is 11.5. The molecule has 6 heteroatoms. The van der Waals surface area contributed by atoms with Crippen molar-refractivity contribution in [3.63, 3.8) is 0 Å². The largest absolute Gasteiger partial charge is 0.416 e. The third-order valence-electron chi connectivity index (χ3n) is 2.57. The molecule has 1 N–H and O–H groups in total. The Hall–Kier alpha value is -1.85. The molecule has 1 amide bonds. The Bertz CT molecular complexity index is 542. The van der Waals surface area contributed by atoms with E-state index in [1.807, 2.05) is 20.8 Å². The fraction of sp³-hybridized carbons (Fsp3) is 0.400. The fourth-order valence-corrected chi connectivity index (χ4v) is 1.53. The van der Waals surface area contributed by atoms with Crippen molar-refractivity contribution >= 4 is 5.91 Å². The highest BCUT2D eigenvalue weighted by molar-refractivity contribution is 5.87. The van der Waals surface area contributed by atoms with Gasteiger partial charge in [0.2, 0.25) is 5.91 Å². The molecule has 0 bridgehead atoms. The molecule has 0 saturated heterocycles. The Balaban J connectivity index is 2.81. The van der Waals surface area contributed by atoms with E-state index < -0.39 is 23.5 Å². The predicted molar refractivity (Wildman–Crippen MR) is 71.8 cm³/mol. The van der Waals surface area contributed by atoms with E-state index in [9.17, 15) is 22.4 Å². The van der Waals surface area contributed by atoms with E-state index in [0.717, 1.165) is 12.1 Å². The number of allylic oxidation sites excluding steroid dienone is 1. The summed E-state index contributed by atoms with van der Waals surface area (Å²) < 4.78 is 51.2. The maximum atomic E-state index is 12.9. The molecule has 0 atom stereocenters. The van der Waals surface area contributed by atoms with Gasteiger partial charge in [0.1, 0.15) is 5.82 Å². The Morgan fingerprint density at radius 2 is 1.86 bits per heavy atom. The van der Waals surface area contributed by atoms with Gasteiger partial charge in [0.05, 0.1) is 5.56 Å². The molecule has 0 spiro atoms. The van der Waals surface area contributed by atoms with Crippen LogP contribution in [0, 0.1) is 11.2 Å². The van der Waals surface area contributed by atoms with E-state index in [1.54, 1.807) is 6.08 Å². The number of benzene rings is 1. The van der Waals surface area contributed by atoms with Crippen LogP contribution in [-0.2, 0) is 17.5 Å². The highest BCUT2D eigenvalue weighted by atomic mass is 19.4. The first-order valence-corrected chi connectivity index (χ1v) is 6.32. The molecule has 2 nitrogen and oxygen atoms in total. The predicted octanol–water partition coefficient (Wildman–Crippen LogP) is 4.06. The summed E-state index contributed by atoms with van der Waals surface area (Å²) >= 11 is 0. The topological polar surface area (TPSA) is 29.1 Å². The van der Waals surface area contributed by atoms with Gasteiger partial charge in [-0.1, -0.05) is 32.9 Å². The molecule has 1 rings (SSSR count). The molecule has 0 fully saturated rings. The standard InChI is InChI=1S/C15H17F4NO/c1-14(2,3)7-6-13(21)20-9-10-4-5-11(16)8-12(10)15(17,18)19/h4-8H,9H2,1-3H3,(H,20,21). The third-order valence-corrected chi connectivity index (χ3v) is 2.57.